The van der Waals surface area contributed by atoms with Crippen molar-refractivity contribution in [3.05, 3.63) is 56.7 Å². The highest BCUT2D eigenvalue weighted by Gasteiger charge is 2.34. The van der Waals surface area contributed by atoms with Gasteiger partial charge in [0.15, 0.2) is 0 Å². The Kier molecular flexibility index (Phi) is 7.36. The number of carbonyl (C=O) groups excluding carboxylic acids is 2. The van der Waals surface area contributed by atoms with E-state index in [0.29, 0.717) is 18.0 Å². The average molecular weight is 433 g/mol. The van der Waals surface area contributed by atoms with Gasteiger partial charge >= 0.3 is 0 Å². The summed E-state index contributed by atoms with van der Waals surface area (Å²) in [6.45, 7) is 6.86. The Balaban J connectivity index is 1.89. The first kappa shape index (κ1) is 21.8. The highest BCUT2D eigenvalue weighted by molar-refractivity contribution is 7.10. The van der Waals surface area contributed by atoms with Gasteiger partial charge in [0.1, 0.15) is 6.54 Å². The number of halogens is 1. The first-order valence-corrected chi connectivity index (χ1v) is 11.6. The second-order valence-corrected chi connectivity index (χ2v) is 9.06. The minimum absolute atomic E-state index is 0.00607. The van der Waals surface area contributed by atoms with E-state index in [9.17, 15) is 9.59 Å². The van der Waals surface area contributed by atoms with E-state index in [4.69, 9.17) is 11.6 Å². The van der Waals surface area contributed by atoms with Crippen LogP contribution in [0.4, 0.5) is 0 Å². The monoisotopic (exact) mass is 432 g/mol. The van der Waals surface area contributed by atoms with Crippen LogP contribution in [0.25, 0.3) is 0 Å². The first-order valence-electron chi connectivity index (χ1n) is 10.4. The molecule has 0 aliphatic carbocycles. The quantitative estimate of drug-likeness (QED) is 0.595. The van der Waals surface area contributed by atoms with Crippen LogP contribution in [0.2, 0.25) is 5.02 Å². The van der Waals surface area contributed by atoms with Gasteiger partial charge < -0.3 is 9.80 Å². The molecular formula is C23H29ClN2O2S. The van der Waals surface area contributed by atoms with Crippen LogP contribution in [0.3, 0.4) is 0 Å². The van der Waals surface area contributed by atoms with Crippen LogP contribution in [-0.2, 0) is 16.0 Å². The molecule has 0 N–H and O–H groups in total. The molecule has 0 saturated carbocycles. The fourth-order valence-corrected chi connectivity index (χ4v) is 4.92. The SMILES string of the molecule is CCCC(=O)N(CC(=O)N1CCc2sccc2[C@@H]1c1ccc(Cl)cc1)[C@H](C)CC. The van der Waals surface area contributed by atoms with Gasteiger partial charge in [-0.15, -0.1) is 11.3 Å². The summed E-state index contributed by atoms with van der Waals surface area (Å²) in [7, 11) is 0. The number of hydrogen-bond donors (Lipinski definition) is 0. The maximum atomic E-state index is 13.4. The summed E-state index contributed by atoms with van der Waals surface area (Å²) in [6, 6.07) is 9.77. The van der Waals surface area contributed by atoms with E-state index in [0.717, 1.165) is 24.8 Å². The number of thiophene rings is 1. The van der Waals surface area contributed by atoms with Gasteiger partial charge in [0.2, 0.25) is 11.8 Å². The number of fused-ring (bicyclic) bond motifs is 1. The lowest BCUT2D eigenvalue weighted by Gasteiger charge is -2.38. The zero-order chi connectivity index (χ0) is 21.0. The minimum Gasteiger partial charge on any atom is -0.331 e. The minimum atomic E-state index is -0.130. The predicted molar refractivity (Wildman–Crippen MR) is 119 cm³/mol. The van der Waals surface area contributed by atoms with E-state index in [1.54, 1.807) is 16.2 Å². The Hall–Kier alpha value is -1.85. The third kappa shape index (κ3) is 4.84. The summed E-state index contributed by atoms with van der Waals surface area (Å²) in [5, 5.41) is 2.78. The molecule has 29 heavy (non-hydrogen) atoms. The van der Waals surface area contributed by atoms with E-state index in [2.05, 4.69) is 18.4 Å². The molecule has 4 nitrogen and oxygen atoms in total. The molecule has 1 aliphatic rings. The molecular weight excluding hydrogens is 404 g/mol. The Bertz CT molecular complexity index is 849. The summed E-state index contributed by atoms with van der Waals surface area (Å²) < 4.78 is 0. The van der Waals surface area contributed by atoms with Gasteiger partial charge in [0.05, 0.1) is 6.04 Å². The van der Waals surface area contributed by atoms with Crippen LogP contribution in [-0.4, -0.2) is 40.7 Å². The lowest BCUT2D eigenvalue weighted by Crippen LogP contribution is -2.49. The molecule has 2 aromatic rings. The van der Waals surface area contributed by atoms with Crippen molar-refractivity contribution in [2.75, 3.05) is 13.1 Å². The van der Waals surface area contributed by atoms with E-state index >= 15 is 0 Å². The maximum Gasteiger partial charge on any atom is 0.243 e. The number of amides is 2. The van der Waals surface area contributed by atoms with Crippen molar-refractivity contribution in [1.29, 1.82) is 0 Å². The van der Waals surface area contributed by atoms with Crippen molar-refractivity contribution in [2.24, 2.45) is 0 Å². The van der Waals surface area contributed by atoms with E-state index in [1.807, 2.05) is 43.0 Å². The zero-order valence-corrected chi connectivity index (χ0v) is 18.9. The molecule has 3 rings (SSSR count). The third-order valence-electron chi connectivity index (χ3n) is 5.68. The van der Waals surface area contributed by atoms with Crippen molar-refractivity contribution in [3.63, 3.8) is 0 Å². The highest BCUT2D eigenvalue weighted by Crippen LogP contribution is 2.38. The van der Waals surface area contributed by atoms with E-state index < -0.39 is 0 Å². The standard InChI is InChI=1S/C23H29ClN2O2S/c1-4-6-21(27)26(16(3)5-2)15-22(28)25-13-11-20-19(12-14-29-20)23(25)17-7-9-18(24)10-8-17/h7-10,12,14,16,23H,4-6,11,13,15H2,1-3H3/t16-,23+/m1/s1. The van der Waals surface area contributed by atoms with Gasteiger partial charge in [-0.25, -0.2) is 0 Å². The number of rotatable bonds is 7. The van der Waals surface area contributed by atoms with Crippen LogP contribution in [0.5, 0.6) is 0 Å². The predicted octanol–water partition coefficient (Wildman–Crippen LogP) is 5.30. The van der Waals surface area contributed by atoms with Crippen molar-refractivity contribution in [3.8, 4) is 0 Å². The fourth-order valence-electron chi connectivity index (χ4n) is 3.89. The van der Waals surface area contributed by atoms with Crippen LogP contribution >= 0.6 is 22.9 Å². The average Bonchev–Trinajstić information content (AvgIpc) is 3.20. The molecule has 2 amide bonds. The maximum absolute atomic E-state index is 13.4. The molecule has 0 unspecified atom stereocenters. The molecule has 0 saturated heterocycles. The molecule has 6 heteroatoms. The Morgan fingerprint density at radius 1 is 1.24 bits per heavy atom. The van der Waals surface area contributed by atoms with Crippen molar-refractivity contribution >= 4 is 34.8 Å². The third-order valence-corrected chi connectivity index (χ3v) is 6.93. The van der Waals surface area contributed by atoms with E-state index in [-0.39, 0.29) is 30.4 Å². The molecule has 0 fully saturated rings. The molecule has 1 aromatic carbocycles. The number of hydrogen-bond acceptors (Lipinski definition) is 3. The smallest absolute Gasteiger partial charge is 0.243 e. The van der Waals surface area contributed by atoms with Gasteiger partial charge in [0, 0.05) is 28.9 Å². The fraction of sp³-hybridized carbons (Fsp3) is 0.478. The molecule has 2 heterocycles. The number of benzene rings is 1. The van der Waals surface area contributed by atoms with Crippen molar-refractivity contribution in [1.82, 2.24) is 9.80 Å². The van der Waals surface area contributed by atoms with Gasteiger partial charge in [-0.2, -0.15) is 0 Å². The van der Waals surface area contributed by atoms with E-state index in [1.165, 1.54) is 10.4 Å². The zero-order valence-electron chi connectivity index (χ0n) is 17.4. The normalized spacial score (nSPS) is 17.0. The first-order chi connectivity index (χ1) is 14.0. The number of nitrogens with zero attached hydrogens (tertiary/aromatic N) is 2. The van der Waals surface area contributed by atoms with Gasteiger partial charge in [0.25, 0.3) is 0 Å². The van der Waals surface area contributed by atoms with Crippen molar-refractivity contribution in [2.45, 2.75) is 58.5 Å². The molecule has 156 valence electrons. The Labute approximate surface area is 182 Å². The van der Waals surface area contributed by atoms with Crippen LogP contribution in [0, 0.1) is 0 Å². The Morgan fingerprint density at radius 3 is 2.62 bits per heavy atom. The molecule has 0 radical (unpaired) electrons. The van der Waals surface area contributed by atoms with Crippen LogP contribution < -0.4 is 0 Å². The summed E-state index contributed by atoms with van der Waals surface area (Å²) in [4.78, 5) is 31.1. The highest BCUT2D eigenvalue weighted by atomic mass is 35.5. The summed E-state index contributed by atoms with van der Waals surface area (Å²) >= 11 is 7.84. The summed E-state index contributed by atoms with van der Waals surface area (Å²) in [5.41, 5.74) is 2.24. The van der Waals surface area contributed by atoms with Gasteiger partial charge in [-0.1, -0.05) is 37.6 Å². The Morgan fingerprint density at radius 2 is 1.97 bits per heavy atom. The number of carbonyl (C=O) groups is 2. The lowest BCUT2D eigenvalue weighted by atomic mass is 9.93. The largest absolute Gasteiger partial charge is 0.331 e. The second-order valence-electron chi connectivity index (χ2n) is 7.62. The van der Waals surface area contributed by atoms with Crippen molar-refractivity contribution < 1.29 is 9.59 Å². The molecule has 0 spiro atoms. The van der Waals surface area contributed by atoms with Crippen LogP contribution in [0.15, 0.2) is 35.7 Å². The van der Waals surface area contributed by atoms with Crippen LogP contribution in [0.1, 0.15) is 62.1 Å². The second kappa shape index (κ2) is 9.77. The molecule has 0 bridgehead atoms. The van der Waals surface area contributed by atoms with Gasteiger partial charge in [-0.3, -0.25) is 9.59 Å². The lowest BCUT2D eigenvalue weighted by molar-refractivity contribution is -0.143. The molecule has 1 aromatic heterocycles. The summed E-state index contributed by atoms with van der Waals surface area (Å²) in [6.07, 6.45) is 2.95. The molecule has 1 aliphatic heterocycles. The topological polar surface area (TPSA) is 40.6 Å². The molecule has 2 atom stereocenters. The van der Waals surface area contributed by atoms with Gasteiger partial charge in [-0.05, 0) is 60.9 Å². The summed E-state index contributed by atoms with van der Waals surface area (Å²) in [5.74, 6) is 0.0676.